The molecule has 0 fully saturated rings. The summed E-state index contributed by atoms with van der Waals surface area (Å²) in [6.07, 6.45) is 3.13. The lowest BCUT2D eigenvalue weighted by molar-refractivity contribution is -0.134. The largest absolute Gasteiger partial charge is 0.466 e. The van der Waals surface area contributed by atoms with Crippen LogP contribution in [-0.4, -0.2) is 36.1 Å². The Morgan fingerprint density at radius 1 is 0.886 bits per heavy atom. The zero-order chi connectivity index (χ0) is 24.8. The molecule has 4 aromatic rings. The SMILES string of the molecule is CNc1ccc(-c2nc(-c3ccc(/C=C/C(=O)OC)cc3)[nH]c2-c2ccc(NC(C)C)cc2)cc1. The Hall–Kier alpha value is -4.32. The summed E-state index contributed by atoms with van der Waals surface area (Å²) in [5, 5.41) is 6.59. The molecule has 1 aromatic heterocycles. The highest BCUT2D eigenvalue weighted by molar-refractivity contribution is 5.87. The summed E-state index contributed by atoms with van der Waals surface area (Å²) in [7, 11) is 3.27. The van der Waals surface area contributed by atoms with E-state index in [1.807, 2.05) is 43.4 Å². The summed E-state index contributed by atoms with van der Waals surface area (Å²) in [6, 6.07) is 24.9. The van der Waals surface area contributed by atoms with Crippen molar-refractivity contribution in [2.75, 3.05) is 24.8 Å². The minimum atomic E-state index is -0.381. The smallest absolute Gasteiger partial charge is 0.330 e. The highest BCUT2D eigenvalue weighted by Crippen LogP contribution is 2.34. The average molecular weight is 467 g/mol. The van der Waals surface area contributed by atoms with Gasteiger partial charge in [-0.05, 0) is 49.8 Å². The number of hydrogen-bond donors (Lipinski definition) is 3. The van der Waals surface area contributed by atoms with Gasteiger partial charge in [-0.25, -0.2) is 9.78 Å². The number of methoxy groups -OCH3 is 1. The third-order valence-corrected chi connectivity index (χ3v) is 5.58. The summed E-state index contributed by atoms with van der Waals surface area (Å²) in [4.78, 5) is 19.9. The molecule has 0 atom stereocenters. The number of benzene rings is 3. The Bertz CT molecular complexity index is 1300. The molecule has 0 aliphatic heterocycles. The van der Waals surface area contributed by atoms with Gasteiger partial charge in [-0.2, -0.15) is 0 Å². The number of nitrogens with zero attached hydrogens (tertiary/aromatic N) is 1. The highest BCUT2D eigenvalue weighted by atomic mass is 16.5. The molecule has 3 aromatic carbocycles. The van der Waals surface area contributed by atoms with Gasteiger partial charge in [0.25, 0.3) is 0 Å². The fourth-order valence-electron chi connectivity index (χ4n) is 3.77. The van der Waals surface area contributed by atoms with Gasteiger partial charge in [-0.15, -0.1) is 0 Å². The molecule has 0 spiro atoms. The average Bonchev–Trinajstić information content (AvgIpc) is 3.33. The Labute approximate surface area is 206 Å². The molecule has 4 rings (SSSR count). The van der Waals surface area contributed by atoms with Crippen molar-refractivity contribution in [2.45, 2.75) is 19.9 Å². The van der Waals surface area contributed by atoms with Gasteiger partial charge >= 0.3 is 5.97 Å². The van der Waals surface area contributed by atoms with E-state index in [2.05, 4.69) is 70.6 Å². The molecule has 6 nitrogen and oxygen atoms in total. The molecule has 178 valence electrons. The molecule has 0 aliphatic carbocycles. The van der Waals surface area contributed by atoms with Gasteiger partial charge in [-0.3, -0.25) is 0 Å². The van der Waals surface area contributed by atoms with Crippen molar-refractivity contribution in [3.63, 3.8) is 0 Å². The Morgan fingerprint density at radius 3 is 2.09 bits per heavy atom. The Morgan fingerprint density at radius 2 is 1.49 bits per heavy atom. The van der Waals surface area contributed by atoms with Crippen LogP contribution in [0.1, 0.15) is 19.4 Å². The number of H-pyrrole nitrogens is 1. The van der Waals surface area contributed by atoms with Crippen LogP contribution >= 0.6 is 0 Å². The number of hydrogen-bond acceptors (Lipinski definition) is 5. The van der Waals surface area contributed by atoms with E-state index >= 15 is 0 Å². The number of aromatic amines is 1. The first-order chi connectivity index (χ1) is 17.0. The van der Waals surface area contributed by atoms with Crippen molar-refractivity contribution in [1.29, 1.82) is 0 Å². The molecule has 0 bridgehead atoms. The van der Waals surface area contributed by atoms with E-state index in [9.17, 15) is 4.79 Å². The van der Waals surface area contributed by atoms with Gasteiger partial charge in [0, 0.05) is 47.2 Å². The second-order valence-corrected chi connectivity index (χ2v) is 8.49. The van der Waals surface area contributed by atoms with Gasteiger partial charge in [0.1, 0.15) is 5.82 Å². The van der Waals surface area contributed by atoms with Crippen molar-refractivity contribution < 1.29 is 9.53 Å². The first kappa shape index (κ1) is 23.8. The highest BCUT2D eigenvalue weighted by Gasteiger charge is 2.15. The standard InChI is InChI=1S/C29H30N4O2/c1-19(2)31-25-16-12-22(13-17-25)28-27(21-10-14-24(30-3)15-11-21)32-29(33-28)23-8-5-20(6-9-23)7-18-26(34)35-4/h5-19,30-31H,1-4H3,(H,32,33)/b18-7+. The van der Waals surface area contributed by atoms with E-state index < -0.39 is 0 Å². The number of nitrogens with one attached hydrogen (secondary N) is 3. The van der Waals surface area contributed by atoms with Gasteiger partial charge < -0.3 is 20.4 Å². The van der Waals surface area contributed by atoms with Gasteiger partial charge in [0.15, 0.2) is 0 Å². The van der Waals surface area contributed by atoms with Crippen LogP contribution in [0, 0.1) is 0 Å². The molecule has 0 amide bonds. The molecule has 0 radical (unpaired) electrons. The van der Waals surface area contributed by atoms with Crippen LogP contribution in [-0.2, 0) is 9.53 Å². The predicted octanol–water partition coefficient (Wildman–Crippen LogP) is 6.46. The number of carbonyl (C=O) groups excluding carboxylic acids is 1. The van der Waals surface area contributed by atoms with Gasteiger partial charge in [0.2, 0.25) is 0 Å². The Balaban J connectivity index is 1.72. The van der Waals surface area contributed by atoms with Crippen LogP contribution < -0.4 is 10.6 Å². The maximum absolute atomic E-state index is 11.4. The molecule has 0 saturated carbocycles. The summed E-state index contributed by atoms with van der Waals surface area (Å²) < 4.78 is 4.66. The number of carbonyl (C=O) groups is 1. The number of rotatable bonds is 8. The molecule has 0 aliphatic rings. The molecule has 0 saturated heterocycles. The van der Waals surface area contributed by atoms with Gasteiger partial charge in [-0.1, -0.05) is 48.5 Å². The third kappa shape index (κ3) is 5.79. The van der Waals surface area contributed by atoms with Gasteiger partial charge in [0.05, 0.1) is 18.5 Å². The van der Waals surface area contributed by atoms with E-state index in [0.717, 1.165) is 50.8 Å². The zero-order valence-electron chi connectivity index (χ0n) is 20.4. The van der Waals surface area contributed by atoms with E-state index in [1.54, 1.807) is 6.08 Å². The first-order valence-electron chi connectivity index (χ1n) is 11.6. The van der Waals surface area contributed by atoms with Crippen molar-refractivity contribution in [3.05, 3.63) is 84.4 Å². The van der Waals surface area contributed by atoms with Crippen molar-refractivity contribution in [1.82, 2.24) is 9.97 Å². The summed E-state index contributed by atoms with van der Waals surface area (Å²) in [5.41, 5.74) is 7.93. The van der Waals surface area contributed by atoms with Crippen molar-refractivity contribution >= 4 is 23.4 Å². The molecular weight excluding hydrogens is 436 g/mol. The van der Waals surface area contributed by atoms with E-state index in [4.69, 9.17) is 4.98 Å². The number of imidazole rings is 1. The third-order valence-electron chi connectivity index (χ3n) is 5.58. The predicted molar refractivity (Wildman–Crippen MR) is 144 cm³/mol. The van der Waals surface area contributed by atoms with Crippen LogP contribution in [0.2, 0.25) is 0 Å². The molecule has 6 heteroatoms. The molecule has 1 heterocycles. The maximum Gasteiger partial charge on any atom is 0.330 e. The monoisotopic (exact) mass is 466 g/mol. The molecule has 35 heavy (non-hydrogen) atoms. The summed E-state index contributed by atoms with van der Waals surface area (Å²) in [6.45, 7) is 4.25. The number of esters is 1. The van der Waals surface area contributed by atoms with Crippen LogP contribution in [0.3, 0.4) is 0 Å². The van der Waals surface area contributed by atoms with Crippen molar-refractivity contribution in [2.24, 2.45) is 0 Å². The minimum Gasteiger partial charge on any atom is -0.466 e. The second kappa shape index (κ2) is 10.7. The summed E-state index contributed by atoms with van der Waals surface area (Å²) in [5.74, 6) is 0.397. The van der Waals surface area contributed by atoms with Crippen LogP contribution in [0.15, 0.2) is 78.9 Å². The fourth-order valence-corrected chi connectivity index (χ4v) is 3.77. The Kier molecular flexibility index (Phi) is 7.31. The lowest BCUT2D eigenvalue weighted by Crippen LogP contribution is -2.09. The molecular formula is C29H30N4O2. The molecule has 0 unspecified atom stereocenters. The maximum atomic E-state index is 11.4. The minimum absolute atomic E-state index is 0.367. The van der Waals surface area contributed by atoms with Crippen LogP contribution in [0.5, 0.6) is 0 Å². The number of ether oxygens (including phenoxy) is 1. The lowest BCUT2D eigenvalue weighted by Gasteiger charge is -2.10. The molecule has 3 N–H and O–H groups in total. The van der Waals surface area contributed by atoms with E-state index in [1.165, 1.54) is 13.2 Å². The van der Waals surface area contributed by atoms with E-state index in [-0.39, 0.29) is 5.97 Å². The summed E-state index contributed by atoms with van der Waals surface area (Å²) >= 11 is 0. The number of aromatic nitrogens is 2. The number of anilines is 2. The lowest BCUT2D eigenvalue weighted by atomic mass is 10.0. The van der Waals surface area contributed by atoms with Crippen molar-refractivity contribution in [3.8, 4) is 33.9 Å². The normalized spacial score (nSPS) is 11.1. The quantitative estimate of drug-likeness (QED) is 0.205. The van der Waals surface area contributed by atoms with E-state index in [0.29, 0.717) is 6.04 Å². The topological polar surface area (TPSA) is 79.0 Å². The second-order valence-electron chi connectivity index (χ2n) is 8.49. The fraction of sp³-hybridized carbons (Fsp3) is 0.172. The zero-order valence-corrected chi connectivity index (χ0v) is 20.4. The van der Waals surface area contributed by atoms with Crippen LogP contribution in [0.25, 0.3) is 40.0 Å². The first-order valence-corrected chi connectivity index (χ1v) is 11.6. The van der Waals surface area contributed by atoms with Crippen LogP contribution in [0.4, 0.5) is 11.4 Å².